The van der Waals surface area contributed by atoms with E-state index in [4.69, 9.17) is 9.84 Å². The number of aromatic carboxylic acids is 1. The Morgan fingerprint density at radius 2 is 1.88 bits per heavy atom. The molecule has 1 fully saturated rings. The highest BCUT2D eigenvalue weighted by Crippen LogP contribution is 2.31. The van der Waals surface area contributed by atoms with Gasteiger partial charge >= 0.3 is 5.97 Å². The predicted octanol–water partition coefficient (Wildman–Crippen LogP) is 2.59. The second-order valence-corrected chi connectivity index (χ2v) is 5.69. The lowest BCUT2D eigenvalue weighted by Crippen LogP contribution is -2.33. The van der Waals surface area contributed by atoms with E-state index < -0.39 is 5.97 Å². The summed E-state index contributed by atoms with van der Waals surface area (Å²) >= 11 is 0. The number of benzene rings is 1. The van der Waals surface area contributed by atoms with E-state index in [-0.39, 0.29) is 23.3 Å². The average Bonchev–Trinajstić information content (AvgIpc) is 3.44. The second-order valence-electron chi connectivity index (χ2n) is 5.69. The highest BCUT2D eigenvalue weighted by atomic mass is 16.5. The van der Waals surface area contributed by atoms with Crippen LogP contribution in [0.2, 0.25) is 0 Å². The third kappa shape index (κ3) is 3.37. The van der Waals surface area contributed by atoms with Crippen LogP contribution in [0.15, 0.2) is 42.5 Å². The van der Waals surface area contributed by atoms with Crippen LogP contribution < -0.4 is 4.74 Å². The van der Waals surface area contributed by atoms with Crippen molar-refractivity contribution in [3.05, 3.63) is 59.4 Å². The van der Waals surface area contributed by atoms with E-state index in [0.717, 1.165) is 24.2 Å². The number of carboxylic acid groups (broad SMARTS) is 1. The number of aromatic nitrogens is 1. The number of hydrogen-bond donors (Lipinski definition) is 1. The minimum atomic E-state index is -1.15. The number of carbonyl (C=O) groups excluding carboxylic acids is 1. The van der Waals surface area contributed by atoms with Crippen molar-refractivity contribution < 1.29 is 19.4 Å². The first-order chi connectivity index (χ1) is 11.6. The van der Waals surface area contributed by atoms with Gasteiger partial charge in [0, 0.05) is 18.2 Å². The summed E-state index contributed by atoms with van der Waals surface area (Å²) in [6.45, 7) is 0.409. The summed E-state index contributed by atoms with van der Waals surface area (Å²) in [6, 6.07) is 12.2. The fourth-order valence-electron chi connectivity index (χ4n) is 2.59. The molecule has 0 atom stereocenters. The van der Waals surface area contributed by atoms with Crippen molar-refractivity contribution in [2.75, 3.05) is 7.11 Å². The first kappa shape index (κ1) is 16.0. The molecule has 6 heteroatoms. The van der Waals surface area contributed by atoms with Gasteiger partial charge in [0.05, 0.1) is 7.11 Å². The number of nitrogens with zero attached hydrogens (tertiary/aromatic N) is 2. The normalized spacial score (nSPS) is 13.4. The molecule has 124 valence electrons. The summed E-state index contributed by atoms with van der Waals surface area (Å²) in [5.74, 6) is -0.679. The minimum Gasteiger partial charge on any atom is -0.496 e. The Balaban J connectivity index is 1.87. The molecule has 1 N–H and O–H groups in total. The maximum Gasteiger partial charge on any atom is 0.354 e. The summed E-state index contributed by atoms with van der Waals surface area (Å²) in [7, 11) is 1.60. The molecule has 0 radical (unpaired) electrons. The van der Waals surface area contributed by atoms with Crippen LogP contribution in [0.5, 0.6) is 5.75 Å². The van der Waals surface area contributed by atoms with Crippen LogP contribution in [0.1, 0.15) is 39.4 Å². The highest BCUT2D eigenvalue weighted by Gasteiger charge is 2.34. The monoisotopic (exact) mass is 326 g/mol. The van der Waals surface area contributed by atoms with E-state index in [1.807, 2.05) is 24.3 Å². The minimum absolute atomic E-state index is 0.131. The summed E-state index contributed by atoms with van der Waals surface area (Å²) in [4.78, 5) is 29.6. The van der Waals surface area contributed by atoms with Gasteiger partial charge in [-0.25, -0.2) is 9.78 Å². The fourth-order valence-corrected chi connectivity index (χ4v) is 2.59. The summed E-state index contributed by atoms with van der Waals surface area (Å²) in [5.41, 5.74) is 0.931. The predicted molar refractivity (Wildman–Crippen MR) is 87.1 cm³/mol. The Morgan fingerprint density at radius 1 is 1.17 bits per heavy atom. The molecule has 0 saturated heterocycles. The Labute approximate surface area is 139 Å². The lowest BCUT2D eigenvalue weighted by atomic mass is 10.1. The lowest BCUT2D eigenvalue weighted by molar-refractivity contribution is 0.0689. The number of amides is 1. The molecule has 0 bridgehead atoms. The van der Waals surface area contributed by atoms with E-state index in [2.05, 4.69) is 4.98 Å². The zero-order valence-electron chi connectivity index (χ0n) is 13.3. The van der Waals surface area contributed by atoms with Crippen LogP contribution in [0.3, 0.4) is 0 Å². The van der Waals surface area contributed by atoms with Crippen LogP contribution in [-0.2, 0) is 6.54 Å². The Hall–Kier alpha value is -2.89. The summed E-state index contributed by atoms with van der Waals surface area (Å²) in [5, 5.41) is 9.05. The molecule has 1 saturated carbocycles. The topological polar surface area (TPSA) is 79.7 Å². The van der Waals surface area contributed by atoms with Gasteiger partial charge in [-0.3, -0.25) is 4.79 Å². The van der Waals surface area contributed by atoms with E-state index in [9.17, 15) is 9.59 Å². The maximum atomic E-state index is 12.8. The van der Waals surface area contributed by atoms with Gasteiger partial charge in [-0.2, -0.15) is 0 Å². The first-order valence-corrected chi connectivity index (χ1v) is 7.73. The van der Waals surface area contributed by atoms with Crippen molar-refractivity contribution in [2.24, 2.45) is 0 Å². The quantitative estimate of drug-likeness (QED) is 0.882. The van der Waals surface area contributed by atoms with Crippen molar-refractivity contribution in [3.8, 4) is 5.75 Å². The molecule has 1 heterocycles. The van der Waals surface area contributed by atoms with Gasteiger partial charge in [-0.05, 0) is 31.0 Å². The van der Waals surface area contributed by atoms with Crippen LogP contribution in [-0.4, -0.2) is 40.0 Å². The van der Waals surface area contributed by atoms with Crippen molar-refractivity contribution in [1.29, 1.82) is 0 Å². The van der Waals surface area contributed by atoms with Crippen LogP contribution in [0.4, 0.5) is 0 Å². The smallest absolute Gasteiger partial charge is 0.354 e. The molecular weight excluding hydrogens is 308 g/mol. The second kappa shape index (κ2) is 6.70. The van der Waals surface area contributed by atoms with Gasteiger partial charge in [-0.15, -0.1) is 0 Å². The molecule has 1 amide bonds. The number of carbonyl (C=O) groups is 2. The lowest BCUT2D eigenvalue weighted by Gasteiger charge is -2.23. The molecule has 0 aliphatic heterocycles. The van der Waals surface area contributed by atoms with Gasteiger partial charge < -0.3 is 14.7 Å². The van der Waals surface area contributed by atoms with E-state index in [0.29, 0.717) is 6.54 Å². The van der Waals surface area contributed by atoms with Gasteiger partial charge in [-0.1, -0.05) is 24.3 Å². The number of hydrogen-bond acceptors (Lipinski definition) is 4. The average molecular weight is 326 g/mol. The fraction of sp³-hybridized carbons (Fsp3) is 0.278. The van der Waals surface area contributed by atoms with Crippen molar-refractivity contribution in [1.82, 2.24) is 9.88 Å². The molecule has 6 nitrogen and oxygen atoms in total. The number of rotatable bonds is 6. The molecule has 0 unspecified atom stereocenters. The third-order valence-corrected chi connectivity index (χ3v) is 3.97. The molecule has 1 aromatic heterocycles. The third-order valence-electron chi connectivity index (χ3n) is 3.97. The first-order valence-electron chi connectivity index (χ1n) is 7.73. The van der Waals surface area contributed by atoms with Gasteiger partial charge in [0.2, 0.25) is 0 Å². The van der Waals surface area contributed by atoms with E-state index in [1.54, 1.807) is 18.1 Å². The van der Waals surface area contributed by atoms with Gasteiger partial charge in [0.15, 0.2) is 0 Å². The SMILES string of the molecule is COc1ccccc1CN(C(=O)c1cccc(C(=O)O)n1)C1CC1. The number of ether oxygens (including phenoxy) is 1. The molecule has 1 aliphatic carbocycles. The van der Waals surface area contributed by atoms with E-state index in [1.165, 1.54) is 12.1 Å². The Morgan fingerprint density at radius 3 is 2.54 bits per heavy atom. The molecule has 24 heavy (non-hydrogen) atoms. The maximum absolute atomic E-state index is 12.8. The van der Waals surface area contributed by atoms with Crippen molar-refractivity contribution in [3.63, 3.8) is 0 Å². The van der Waals surface area contributed by atoms with Gasteiger partial charge in [0.25, 0.3) is 5.91 Å². The molecule has 2 aromatic rings. The number of para-hydroxylation sites is 1. The van der Waals surface area contributed by atoms with Gasteiger partial charge in [0.1, 0.15) is 17.1 Å². The summed E-state index contributed by atoms with van der Waals surface area (Å²) < 4.78 is 5.35. The van der Waals surface area contributed by atoms with E-state index >= 15 is 0 Å². The number of pyridine rings is 1. The van der Waals surface area contributed by atoms with Crippen molar-refractivity contribution in [2.45, 2.75) is 25.4 Å². The standard InChI is InChI=1S/C18H18N2O4/c1-24-16-8-3-2-5-12(16)11-20(13-9-10-13)17(21)14-6-4-7-15(19-14)18(22)23/h2-8,13H,9-11H2,1H3,(H,22,23). The van der Waals surface area contributed by atoms with Crippen molar-refractivity contribution >= 4 is 11.9 Å². The zero-order chi connectivity index (χ0) is 17.1. The molecule has 0 spiro atoms. The molecule has 1 aliphatic rings. The zero-order valence-corrected chi connectivity index (χ0v) is 13.3. The number of methoxy groups -OCH3 is 1. The molecular formula is C18H18N2O4. The van der Waals surface area contributed by atoms with Crippen LogP contribution >= 0.6 is 0 Å². The molecule has 3 rings (SSSR count). The van der Waals surface area contributed by atoms with Crippen LogP contribution in [0, 0.1) is 0 Å². The largest absolute Gasteiger partial charge is 0.496 e. The Kier molecular flexibility index (Phi) is 4.46. The highest BCUT2D eigenvalue weighted by molar-refractivity contribution is 5.94. The van der Waals surface area contributed by atoms with Crippen LogP contribution in [0.25, 0.3) is 0 Å². The molecule has 1 aromatic carbocycles. The Bertz CT molecular complexity index is 771. The summed E-state index contributed by atoms with van der Waals surface area (Å²) in [6.07, 6.45) is 1.89. The number of carboxylic acids is 1.